The highest BCUT2D eigenvalue weighted by Gasteiger charge is 2.36. The first kappa shape index (κ1) is 14.8. The molecular weight excluding hydrogens is 348 g/mol. The van der Waals surface area contributed by atoms with Gasteiger partial charge in [0.15, 0.2) is 10.4 Å². The number of halogens is 1. The normalized spacial score (nSPS) is 18.2. The van der Waals surface area contributed by atoms with E-state index in [1.54, 1.807) is 17.0 Å². The summed E-state index contributed by atoms with van der Waals surface area (Å²) in [6.07, 6.45) is 0. The largest absolute Gasteiger partial charge is 0.444 e. The highest BCUT2D eigenvalue weighted by atomic mass is 79.9. The second-order valence-electron chi connectivity index (χ2n) is 5.15. The number of piperazine rings is 1. The molecule has 0 bridgehead atoms. The van der Waals surface area contributed by atoms with Crippen molar-refractivity contribution >= 4 is 27.7 Å². The van der Waals surface area contributed by atoms with E-state index in [0.717, 1.165) is 11.1 Å². The van der Waals surface area contributed by atoms with E-state index >= 15 is 0 Å². The minimum Gasteiger partial charge on any atom is -0.444 e. The lowest BCUT2D eigenvalue weighted by atomic mass is 9.97. The zero-order valence-corrected chi connectivity index (χ0v) is 13.6. The van der Waals surface area contributed by atoms with E-state index in [1.807, 2.05) is 31.2 Å². The van der Waals surface area contributed by atoms with E-state index < -0.39 is 6.04 Å². The molecule has 2 heterocycles. The molecule has 2 amide bonds. The van der Waals surface area contributed by atoms with Gasteiger partial charge in [-0.2, -0.15) is 0 Å². The van der Waals surface area contributed by atoms with Gasteiger partial charge in [0.1, 0.15) is 6.04 Å². The molecule has 2 aromatic rings. The van der Waals surface area contributed by atoms with Gasteiger partial charge in [-0.05, 0) is 46.1 Å². The van der Waals surface area contributed by atoms with Crippen molar-refractivity contribution in [3.8, 4) is 0 Å². The van der Waals surface area contributed by atoms with E-state index in [0.29, 0.717) is 17.8 Å². The van der Waals surface area contributed by atoms with Gasteiger partial charge in [0.2, 0.25) is 5.91 Å². The van der Waals surface area contributed by atoms with E-state index in [1.165, 1.54) is 0 Å². The third-order valence-corrected chi connectivity index (χ3v) is 4.17. The van der Waals surface area contributed by atoms with E-state index in [4.69, 9.17) is 4.42 Å². The van der Waals surface area contributed by atoms with Crippen molar-refractivity contribution in [1.29, 1.82) is 0 Å². The summed E-state index contributed by atoms with van der Waals surface area (Å²) < 4.78 is 5.83. The van der Waals surface area contributed by atoms with Gasteiger partial charge in [-0.15, -0.1) is 0 Å². The van der Waals surface area contributed by atoms with Crippen LogP contribution < -0.4 is 5.32 Å². The van der Waals surface area contributed by atoms with Gasteiger partial charge < -0.3 is 14.6 Å². The maximum absolute atomic E-state index is 12.7. The average Bonchev–Trinajstić information content (AvgIpc) is 2.94. The Morgan fingerprint density at radius 2 is 2.09 bits per heavy atom. The smallest absolute Gasteiger partial charge is 0.290 e. The Bertz CT molecular complexity index is 726. The summed E-state index contributed by atoms with van der Waals surface area (Å²) in [4.78, 5) is 26.6. The third kappa shape index (κ3) is 2.66. The van der Waals surface area contributed by atoms with Crippen LogP contribution in [0, 0.1) is 6.92 Å². The van der Waals surface area contributed by atoms with Crippen LogP contribution in [0.4, 0.5) is 0 Å². The van der Waals surface area contributed by atoms with Crippen molar-refractivity contribution < 1.29 is 14.0 Å². The first-order valence-electron chi connectivity index (χ1n) is 6.97. The van der Waals surface area contributed by atoms with Gasteiger partial charge in [0.05, 0.1) is 0 Å². The summed E-state index contributed by atoms with van der Waals surface area (Å²) in [5.74, 6) is -0.228. The molecule has 0 spiro atoms. The predicted octanol–water partition coefficient (Wildman–Crippen LogP) is 2.66. The molecule has 1 N–H and O–H groups in total. The quantitative estimate of drug-likeness (QED) is 0.893. The van der Waals surface area contributed by atoms with Crippen molar-refractivity contribution in [2.75, 3.05) is 13.1 Å². The SMILES string of the molecule is Cc1ccccc1[C@@H]1C(=O)NCCN1C(=O)c1ccc(Br)o1. The lowest BCUT2D eigenvalue weighted by Crippen LogP contribution is -2.52. The lowest BCUT2D eigenvalue weighted by molar-refractivity contribution is -0.128. The van der Waals surface area contributed by atoms with Gasteiger partial charge in [-0.25, -0.2) is 0 Å². The van der Waals surface area contributed by atoms with Crippen LogP contribution in [0.2, 0.25) is 0 Å². The van der Waals surface area contributed by atoms with Crippen molar-refractivity contribution in [2.24, 2.45) is 0 Å². The van der Waals surface area contributed by atoms with Crippen LogP contribution in [-0.2, 0) is 4.79 Å². The van der Waals surface area contributed by atoms with Crippen LogP contribution in [-0.4, -0.2) is 29.8 Å². The molecule has 22 heavy (non-hydrogen) atoms. The van der Waals surface area contributed by atoms with Gasteiger partial charge in [-0.3, -0.25) is 9.59 Å². The van der Waals surface area contributed by atoms with Crippen LogP contribution >= 0.6 is 15.9 Å². The maximum atomic E-state index is 12.7. The number of furan rings is 1. The molecule has 0 saturated carbocycles. The van der Waals surface area contributed by atoms with E-state index in [9.17, 15) is 9.59 Å². The lowest BCUT2D eigenvalue weighted by Gasteiger charge is -2.35. The summed E-state index contributed by atoms with van der Waals surface area (Å²) in [6, 6.07) is 10.2. The van der Waals surface area contributed by atoms with Gasteiger partial charge >= 0.3 is 0 Å². The van der Waals surface area contributed by atoms with Crippen LogP contribution in [0.5, 0.6) is 0 Å². The summed E-state index contributed by atoms with van der Waals surface area (Å²) in [5, 5.41) is 2.83. The van der Waals surface area contributed by atoms with Crippen LogP contribution in [0.1, 0.15) is 27.7 Å². The Morgan fingerprint density at radius 3 is 2.77 bits per heavy atom. The van der Waals surface area contributed by atoms with Gasteiger partial charge in [0, 0.05) is 13.1 Å². The molecule has 0 radical (unpaired) electrons. The first-order valence-corrected chi connectivity index (χ1v) is 7.77. The standard InChI is InChI=1S/C16H15BrN2O3/c1-10-4-2-3-5-11(10)14-15(20)18-8-9-19(14)16(21)12-6-7-13(17)22-12/h2-7,14H,8-9H2,1H3,(H,18,20)/t14-/m1/s1. The van der Waals surface area contributed by atoms with Gasteiger partial charge in [0.25, 0.3) is 5.91 Å². The second-order valence-corrected chi connectivity index (χ2v) is 5.93. The Hall–Kier alpha value is -2.08. The van der Waals surface area contributed by atoms with Crippen LogP contribution in [0.25, 0.3) is 0 Å². The maximum Gasteiger partial charge on any atom is 0.290 e. The Kier molecular flexibility index (Phi) is 4.02. The number of amides is 2. The van der Waals surface area contributed by atoms with E-state index in [-0.39, 0.29) is 17.6 Å². The average molecular weight is 363 g/mol. The zero-order valence-electron chi connectivity index (χ0n) is 12.0. The molecule has 114 valence electrons. The minimum absolute atomic E-state index is 0.167. The number of aryl methyl sites for hydroxylation is 1. The molecule has 1 aromatic carbocycles. The van der Waals surface area contributed by atoms with E-state index in [2.05, 4.69) is 21.2 Å². The summed E-state index contributed by atoms with van der Waals surface area (Å²) in [7, 11) is 0. The first-order chi connectivity index (χ1) is 10.6. The van der Waals surface area contributed by atoms with Crippen LogP contribution in [0.15, 0.2) is 45.5 Å². The van der Waals surface area contributed by atoms with Crippen molar-refractivity contribution in [3.05, 3.63) is 58.0 Å². The molecule has 0 aliphatic carbocycles. The topological polar surface area (TPSA) is 62.6 Å². The molecule has 1 aliphatic rings. The number of carbonyl (C=O) groups excluding carboxylic acids is 2. The third-order valence-electron chi connectivity index (χ3n) is 3.74. The Labute approximate surface area is 136 Å². The zero-order chi connectivity index (χ0) is 15.7. The number of nitrogens with zero attached hydrogens (tertiary/aromatic N) is 1. The number of nitrogens with one attached hydrogen (secondary N) is 1. The van der Waals surface area contributed by atoms with Crippen molar-refractivity contribution in [3.63, 3.8) is 0 Å². The fourth-order valence-electron chi connectivity index (χ4n) is 2.66. The van der Waals surface area contributed by atoms with Crippen molar-refractivity contribution in [1.82, 2.24) is 10.2 Å². The number of benzene rings is 1. The molecule has 3 rings (SSSR count). The molecule has 0 unspecified atom stereocenters. The molecular formula is C16H15BrN2O3. The predicted molar refractivity (Wildman–Crippen MR) is 84.4 cm³/mol. The molecule has 1 fully saturated rings. The number of hydrogen-bond acceptors (Lipinski definition) is 3. The highest BCUT2D eigenvalue weighted by Crippen LogP contribution is 2.28. The molecule has 5 nitrogen and oxygen atoms in total. The molecule has 6 heteroatoms. The number of rotatable bonds is 2. The Balaban J connectivity index is 1.99. The summed E-state index contributed by atoms with van der Waals surface area (Å²) in [6.45, 7) is 2.82. The number of hydrogen-bond donors (Lipinski definition) is 1. The minimum atomic E-state index is -0.633. The fourth-order valence-corrected chi connectivity index (χ4v) is 2.97. The molecule has 1 saturated heterocycles. The van der Waals surface area contributed by atoms with Crippen molar-refractivity contribution in [2.45, 2.75) is 13.0 Å². The second kappa shape index (κ2) is 5.96. The molecule has 1 atom stereocenters. The molecule has 1 aliphatic heterocycles. The monoisotopic (exact) mass is 362 g/mol. The molecule has 1 aromatic heterocycles. The van der Waals surface area contributed by atoms with Crippen LogP contribution in [0.3, 0.4) is 0 Å². The summed E-state index contributed by atoms with van der Waals surface area (Å²) in [5.41, 5.74) is 1.81. The van der Waals surface area contributed by atoms with Gasteiger partial charge in [-0.1, -0.05) is 24.3 Å². The highest BCUT2D eigenvalue weighted by molar-refractivity contribution is 9.10. The Morgan fingerprint density at radius 1 is 1.32 bits per heavy atom. The number of carbonyl (C=O) groups is 2. The summed E-state index contributed by atoms with van der Waals surface area (Å²) >= 11 is 3.19. The fraction of sp³-hybridized carbons (Fsp3) is 0.250.